The summed E-state index contributed by atoms with van der Waals surface area (Å²) in [6.07, 6.45) is 1.47. The van der Waals surface area contributed by atoms with Gasteiger partial charge in [0.05, 0.1) is 132 Å². The van der Waals surface area contributed by atoms with Crippen molar-refractivity contribution in [1.29, 1.82) is 0 Å². The standard InChI is InChI=1S/C29H54O15/c1-2-43-29(33)7-8-34-9-10-35-11-12-36-13-14-37-15-16-38-17-18-39-19-20-40-21-22-41-23-24-42-25-26-44-28(32)6-4-3-5-27(30)31/h2-26H2,1H3,(H,30,31). The number of unbranched alkanes of at least 4 members (excludes halogenated alkanes) is 1. The van der Waals surface area contributed by atoms with Crippen molar-refractivity contribution in [2.45, 2.75) is 39.0 Å². The predicted octanol–water partition coefficient (Wildman–Crippen LogP) is 1.28. The summed E-state index contributed by atoms with van der Waals surface area (Å²) in [4.78, 5) is 33.0. The van der Waals surface area contributed by atoms with Crippen LogP contribution in [-0.4, -0.2) is 155 Å². The van der Waals surface area contributed by atoms with Crippen LogP contribution in [0, 0.1) is 0 Å². The van der Waals surface area contributed by atoms with Crippen molar-refractivity contribution >= 4 is 17.9 Å². The number of aliphatic carboxylic acids is 1. The molecule has 0 aromatic carbocycles. The van der Waals surface area contributed by atoms with E-state index in [2.05, 4.69) is 0 Å². The van der Waals surface area contributed by atoms with Crippen molar-refractivity contribution in [2.24, 2.45) is 0 Å². The summed E-state index contributed by atoms with van der Waals surface area (Å²) < 4.78 is 58.3. The van der Waals surface area contributed by atoms with Crippen LogP contribution in [0.2, 0.25) is 0 Å². The minimum absolute atomic E-state index is 0.0578. The number of esters is 2. The third kappa shape index (κ3) is 36.2. The lowest BCUT2D eigenvalue weighted by molar-refractivity contribution is -0.146. The summed E-state index contributed by atoms with van der Waals surface area (Å²) in [6, 6.07) is 0. The first-order valence-electron chi connectivity index (χ1n) is 15.3. The van der Waals surface area contributed by atoms with E-state index >= 15 is 0 Å². The Labute approximate surface area is 260 Å². The number of ether oxygens (including phenoxy) is 11. The molecule has 1 N–H and O–H groups in total. The zero-order chi connectivity index (χ0) is 32.2. The molecule has 0 heterocycles. The normalized spacial score (nSPS) is 11.1. The first-order valence-corrected chi connectivity index (χ1v) is 15.3. The fourth-order valence-electron chi connectivity index (χ4n) is 3.08. The summed E-state index contributed by atoms with van der Waals surface area (Å²) in [7, 11) is 0. The molecule has 0 aromatic heterocycles. The topological polar surface area (TPSA) is 173 Å². The molecule has 0 unspecified atom stereocenters. The average Bonchev–Trinajstić information content (AvgIpc) is 3.00. The van der Waals surface area contributed by atoms with Gasteiger partial charge in [-0.1, -0.05) is 0 Å². The second-order valence-corrected chi connectivity index (χ2v) is 8.89. The van der Waals surface area contributed by atoms with Gasteiger partial charge in [-0.25, -0.2) is 0 Å². The summed E-state index contributed by atoms with van der Waals surface area (Å²) in [5.74, 6) is -1.47. The van der Waals surface area contributed by atoms with Crippen LogP contribution in [0.4, 0.5) is 0 Å². The molecule has 260 valence electrons. The molecule has 0 saturated carbocycles. The minimum Gasteiger partial charge on any atom is -0.481 e. The van der Waals surface area contributed by atoms with Gasteiger partial charge in [0, 0.05) is 12.8 Å². The number of carboxylic acids is 1. The highest BCUT2D eigenvalue weighted by Gasteiger charge is 2.04. The Balaban J connectivity index is 3.12. The van der Waals surface area contributed by atoms with Crippen molar-refractivity contribution in [3.63, 3.8) is 0 Å². The van der Waals surface area contributed by atoms with Crippen LogP contribution in [-0.2, 0) is 66.5 Å². The van der Waals surface area contributed by atoms with Crippen LogP contribution in [0.5, 0.6) is 0 Å². The predicted molar refractivity (Wildman–Crippen MR) is 156 cm³/mol. The molecular weight excluding hydrogens is 588 g/mol. The van der Waals surface area contributed by atoms with E-state index in [0.29, 0.717) is 132 Å². The van der Waals surface area contributed by atoms with Crippen LogP contribution in [0.25, 0.3) is 0 Å². The van der Waals surface area contributed by atoms with E-state index < -0.39 is 5.97 Å². The van der Waals surface area contributed by atoms with E-state index in [1.54, 1.807) is 6.92 Å². The maximum absolute atomic E-state index is 11.5. The van der Waals surface area contributed by atoms with Gasteiger partial charge in [0.15, 0.2) is 0 Å². The van der Waals surface area contributed by atoms with Gasteiger partial charge in [-0.15, -0.1) is 0 Å². The van der Waals surface area contributed by atoms with Crippen molar-refractivity contribution < 1.29 is 71.6 Å². The lowest BCUT2D eigenvalue weighted by atomic mass is 10.2. The Kier molecular flexibility index (Phi) is 34.0. The number of hydrogen-bond donors (Lipinski definition) is 1. The van der Waals surface area contributed by atoms with Gasteiger partial charge in [0.2, 0.25) is 0 Å². The molecular formula is C29H54O15. The molecule has 0 bridgehead atoms. The molecule has 0 aliphatic carbocycles. The highest BCUT2D eigenvalue weighted by molar-refractivity contribution is 5.70. The quantitative estimate of drug-likeness (QED) is 0.0764. The first kappa shape index (κ1) is 42.0. The SMILES string of the molecule is CCOC(=O)CCOCCOCCOCCOCCOCCOCCOCCOCCOCCOC(=O)CCCCC(=O)O. The van der Waals surface area contributed by atoms with Gasteiger partial charge in [-0.05, 0) is 19.8 Å². The van der Waals surface area contributed by atoms with Gasteiger partial charge in [-0.3, -0.25) is 14.4 Å². The summed E-state index contributed by atoms with van der Waals surface area (Å²) in [6.45, 7) is 10.1. The van der Waals surface area contributed by atoms with Crippen LogP contribution in [0.3, 0.4) is 0 Å². The zero-order valence-electron chi connectivity index (χ0n) is 26.3. The molecule has 0 saturated heterocycles. The highest BCUT2D eigenvalue weighted by Crippen LogP contribution is 2.01. The van der Waals surface area contributed by atoms with E-state index in [1.165, 1.54) is 0 Å². The minimum atomic E-state index is -0.865. The molecule has 44 heavy (non-hydrogen) atoms. The molecule has 15 nitrogen and oxygen atoms in total. The van der Waals surface area contributed by atoms with Gasteiger partial charge in [-0.2, -0.15) is 0 Å². The average molecular weight is 643 g/mol. The maximum Gasteiger partial charge on any atom is 0.308 e. The zero-order valence-corrected chi connectivity index (χ0v) is 26.3. The number of rotatable bonds is 36. The summed E-state index contributed by atoms with van der Waals surface area (Å²) in [5, 5.41) is 8.54. The molecule has 0 aliphatic rings. The number of carboxylic acid groups (broad SMARTS) is 1. The van der Waals surface area contributed by atoms with E-state index in [-0.39, 0.29) is 44.4 Å². The summed E-state index contributed by atoms with van der Waals surface area (Å²) >= 11 is 0. The van der Waals surface area contributed by atoms with E-state index in [9.17, 15) is 14.4 Å². The van der Waals surface area contributed by atoms with E-state index in [1.807, 2.05) is 0 Å². The molecule has 15 heteroatoms. The van der Waals surface area contributed by atoms with Gasteiger partial charge < -0.3 is 57.2 Å². The second-order valence-electron chi connectivity index (χ2n) is 8.89. The lowest BCUT2D eigenvalue weighted by Crippen LogP contribution is -2.15. The van der Waals surface area contributed by atoms with E-state index in [4.69, 9.17) is 57.2 Å². The van der Waals surface area contributed by atoms with Crippen molar-refractivity contribution in [2.75, 3.05) is 132 Å². The third-order valence-electron chi connectivity index (χ3n) is 5.24. The van der Waals surface area contributed by atoms with Gasteiger partial charge >= 0.3 is 17.9 Å². The molecule has 0 radical (unpaired) electrons. The molecule has 0 amide bonds. The maximum atomic E-state index is 11.5. The van der Waals surface area contributed by atoms with Crippen molar-refractivity contribution in [3.05, 3.63) is 0 Å². The van der Waals surface area contributed by atoms with Gasteiger partial charge in [0.1, 0.15) is 6.61 Å². The molecule has 0 aliphatic heterocycles. The monoisotopic (exact) mass is 642 g/mol. The van der Waals surface area contributed by atoms with Crippen LogP contribution in [0.1, 0.15) is 39.0 Å². The lowest BCUT2D eigenvalue weighted by Gasteiger charge is -2.09. The van der Waals surface area contributed by atoms with E-state index in [0.717, 1.165) is 0 Å². The third-order valence-corrected chi connectivity index (χ3v) is 5.24. The largest absolute Gasteiger partial charge is 0.481 e. The highest BCUT2D eigenvalue weighted by atomic mass is 16.6. The smallest absolute Gasteiger partial charge is 0.308 e. The Hall–Kier alpha value is -1.95. The fourth-order valence-corrected chi connectivity index (χ4v) is 3.08. The van der Waals surface area contributed by atoms with Crippen molar-refractivity contribution in [3.8, 4) is 0 Å². The molecule has 0 aromatic rings. The fraction of sp³-hybridized carbons (Fsp3) is 0.897. The first-order chi connectivity index (χ1) is 21.6. The number of carbonyl (C=O) groups excluding carboxylic acids is 2. The molecule has 0 rings (SSSR count). The number of carbonyl (C=O) groups is 3. The molecule has 0 spiro atoms. The Morgan fingerprint density at radius 3 is 1.02 bits per heavy atom. The Morgan fingerprint density at radius 1 is 0.386 bits per heavy atom. The Morgan fingerprint density at radius 2 is 0.682 bits per heavy atom. The van der Waals surface area contributed by atoms with Gasteiger partial charge in [0.25, 0.3) is 0 Å². The summed E-state index contributed by atoms with van der Waals surface area (Å²) in [5.41, 5.74) is 0. The van der Waals surface area contributed by atoms with Crippen molar-refractivity contribution in [1.82, 2.24) is 0 Å². The molecule has 0 fully saturated rings. The van der Waals surface area contributed by atoms with Crippen LogP contribution in [0.15, 0.2) is 0 Å². The van der Waals surface area contributed by atoms with Crippen LogP contribution >= 0.6 is 0 Å². The number of hydrogen-bond acceptors (Lipinski definition) is 14. The second kappa shape index (κ2) is 35.5. The molecule has 0 atom stereocenters. The Bertz CT molecular complexity index is 650. The van der Waals surface area contributed by atoms with Crippen LogP contribution < -0.4 is 0 Å².